The number of aromatic nitrogens is 2. The molecule has 1 aromatic carbocycles. The van der Waals surface area contributed by atoms with E-state index >= 15 is 0 Å². The van der Waals surface area contributed by atoms with Crippen molar-refractivity contribution < 1.29 is 4.79 Å². The molecule has 3 N–H and O–H groups in total. The molecule has 0 aliphatic carbocycles. The molecule has 6 heteroatoms. The number of rotatable bonds is 3. The maximum Gasteiger partial charge on any atom is 0.267 e. The normalized spacial score (nSPS) is 11.9. The summed E-state index contributed by atoms with van der Waals surface area (Å²) in [7, 11) is 0. The Morgan fingerprint density at radius 3 is 2.54 bits per heavy atom. The van der Waals surface area contributed by atoms with E-state index in [0.717, 1.165) is 27.7 Å². The van der Waals surface area contributed by atoms with Gasteiger partial charge in [0, 0.05) is 23.3 Å². The van der Waals surface area contributed by atoms with Crippen molar-refractivity contribution in [1.82, 2.24) is 9.38 Å². The molecule has 0 aliphatic heterocycles. The summed E-state index contributed by atoms with van der Waals surface area (Å²) >= 11 is 1.40. The average Bonchev–Trinajstić information content (AvgIpc) is 3.05. The van der Waals surface area contributed by atoms with E-state index < -0.39 is 0 Å². The van der Waals surface area contributed by atoms with Crippen LogP contribution >= 0.6 is 11.3 Å². The number of fused-ring (bicyclic) bond motifs is 1. The molecule has 1 amide bonds. The van der Waals surface area contributed by atoms with Crippen molar-refractivity contribution in [2.24, 2.45) is 5.73 Å². The molecule has 0 bridgehead atoms. The van der Waals surface area contributed by atoms with Gasteiger partial charge in [0.25, 0.3) is 5.91 Å². The van der Waals surface area contributed by atoms with Gasteiger partial charge in [0.2, 0.25) is 0 Å². The van der Waals surface area contributed by atoms with E-state index in [2.05, 4.69) is 26.1 Å². The topological polar surface area (TPSA) is 72.4 Å². The molecule has 126 valence electrons. The summed E-state index contributed by atoms with van der Waals surface area (Å²) in [6, 6.07) is 9.45. The summed E-state index contributed by atoms with van der Waals surface area (Å²) in [6.45, 7) is 8.70. The van der Waals surface area contributed by atoms with Crippen LogP contribution in [0.3, 0.4) is 0 Å². The van der Waals surface area contributed by atoms with Gasteiger partial charge in [0.05, 0.1) is 11.4 Å². The number of hydrogen-bond acceptors (Lipinski definition) is 4. The monoisotopic (exact) mass is 342 g/mol. The Kier molecular flexibility index (Phi) is 4.19. The van der Waals surface area contributed by atoms with Crippen LogP contribution < -0.4 is 11.1 Å². The van der Waals surface area contributed by atoms with Gasteiger partial charge < -0.3 is 11.1 Å². The van der Waals surface area contributed by atoms with Crippen molar-refractivity contribution in [3.8, 4) is 0 Å². The maximum atomic E-state index is 12.6. The molecule has 0 saturated heterocycles. The Bertz CT molecular complexity index is 887. The molecule has 3 aromatic rings. The van der Waals surface area contributed by atoms with Crippen LogP contribution in [0.15, 0.2) is 30.3 Å². The van der Waals surface area contributed by atoms with Crippen molar-refractivity contribution in [2.45, 2.75) is 39.7 Å². The summed E-state index contributed by atoms with van der Waals surface area (Å²) in [4.78, 5) is 18.8. The molecule has 5 nitrogen and oxygen atoms in total. The molecule has 0 spiro atoms. The van der Waals surface area contributed by atoms with Gasteiger partial charge in [-0.2, -0.15) is 0 Å². The van der Waals surface area contributed by atoms with Gasteiger partial charge in [-0.15, -0.1) is 0 Å². The molecule has 0 unspecified atom stereocenters. The summed E-state index contributed by atoms with van der Waals surface area (Å²) in [6.07, 6.45) is 0. The number of para-hydroxylation sites is 1. The number of aryl methyl sites for hydroxylation is 1. The molecule has 0 aliphatic rings. The molecule has 0 saturated carbocycles. The lowest BCUT2D eigenvalue weighted by atomic mass is 9.90. The largest absolute Gasteiger partial charge is 0.325 e. The summed E-state index contributed by atoms with van der Waals surface area (Å²) in [5, 5.41) is 2.93. The van der Waals surface area contributed by atoms with Gasteiger partial charge in [0.15, 0.2) is 4.96 Å². The van der Waals surface area contributed by atoms with Gasteiger partial charge in [-0.3, -0.25) is 9.20 Å². The van der Waals surface area contributed by atoms with Crippen LogP contribution in [0, 0.1) is 6.92 Å². The third kappa shape index (κ3) is 2.83. The number of benzene rings is 1. The van der Waals surface area contributed by atoms with Crippen LogP contribution in [-0.4, -0.2) is 15.3 Å². The van der Waals surface area contributed by atoms with E-state index in [0.29, 0.717) is 11.4 Å². The molecule has 0 radical (unpaired) electrons. The predicted octanol–water partition coefficient (Wildman–Crippen LogP) is 3.71. The van der Waals surface area contributed by atoms with E-state index in [1.165, 1.54) is 11.3 Å². The Morgan fingerprint density at radius 2 is 1.96 bits per heavy atom. The van der Waals surface area contributed by atoms with Crippen LogP contribution in [0.25, 0.3) is 4.96 Å². The second-order valence-corrected chi connectivity index (χ2v) is 7.79. The number of nitrogens with zero attached hydrogens (tertiary/aromatic N) is 2. The van der Waals surface area contributed by atoms with Gasteiger partial charge >= 0.3 is 0 Å². The fraction of sp³-hybridized carbons (Fsp3) is 0.333. The van der Waals surface area contributed by atoms with Gasteiger partial charge in [0.1, 0.15) is 4.88 Å². The van der Waals surface area contributed by atoms with Crippen molar-refractivity contribution >= 4 is 27.9 Å². The van der Waals surface area contributed by atoms with Crippen LogP contribution in [0.4, 0.5) is 5.69 Å². The number of nitrogens with two attached hydrogens (primary N) is 1. The van der Waals surface area contributed by atoms with Crippen molar-refractivity contribution in [1.29, 1.82) is 0 Å². The van der Waals surface area contributed by atoms with E-state index in [-0.39, 0.29) is 11.3 Å². The number of hydrogen-bond donors (Lipinski definition) is 2. The molecular weight excluding hydrogens is 320 g/mol. The number of anilines is 1. The zero-order valence-corrected chi connectivity index (χ0v) is 15.2. The highest BCUT2D eigenvalue weighted by atomic mass is 32.1. The Balaban J connectivity index is 2.03. The van der Waals surface area contributed by atoms with E-state index in [9.17, 15) is 4.79 Å². The predicted molar refractivity (Wildman–Crippen MR) is 98.8 cm³/mol. The molecular formula is C18H22N4OS. The second-order valence-electron chi connectivity index (χ2n) is 6.82. The quantitative estimate of drug-likeness (QED) is 0.762. The Labute approximate surface area is 145 Å². The first-order chi connectivity index (χ1) is 11.3. The Morgan fingerprint density at radius 1 is 1.29 bits per heavy atom. The van der Waals surface area contributed by atoms with Crippen molar-refractivity contribution in [2.75, 3.05) is 5.32 Å². The van der Waals surface area contributed by atoms with Gasteiger partial charge in [-0.05, 0) is 19.1 Å². The minimum atomic E-state index is -0.116. The van der Waals surface area contributed by atoms with E-state index in [4.69, 9.17) is 10.7 Å². The number of nitrogens with one attached hydrogen (secondary N) is 1. The number of carbonyl (C=O) groups excluding carboxylic acids is 1. The lowest BCUT2D eigenvalue weighted by molar-refractivity contribution is 0.102. The number of amides is 1. The number of imidazole rings is 1. The van der Waals surface area contributed by atoms with Crippen LogP contribution in [-0.2, 0) is 12.0 Å². The van der Waals surface area contributed by atoms with Gasteiger partial charge in [-0.25, -0.2) is 4.98 Å². The molecule has 2 heterocycles. The Hall–Kier alpha value is -2.18. The summed E-state index contributed by atoms with van der Waals surface area (Å²) in [5.41, 5.74) is 9.53. The van der Waals surface area contributed by atoms with Crippen LogP contribution in [0.1, 0.15) is 47.5 Å². The molecule has 3 rings (SSSR count). The van der Waals surface area contributed by atoms with Crippen LogP contribution in [0.2, 0.25) is 0 Å². The van der Waals surface area contributed by atoms with Crippen molar-refractivity contribution in [3.05, 3.63) is 52.3 Å². The highest BCUT2D eigenvalue weighted by Crippen LogP contribution is 2.32. The molecule has 0 fully saturated rings. The fourth-order valence-electron chi connectivity index (χ4n) is 2.82. The highest BCUT2D eigenvalue weighted by molar-refractivity contribution is 7.19. The minimum absolute atomic E-state index is 0.0840. The first-order valence-corrected chi connectivity index (χ1v) is 8.72. The second kappa shape index (κ2) is 6.03. The molecule has 24 heavy (non-hydrogen) atoms. The summed E-state index contributed by atoms with van der Waals surface area (Å²) in [5.74, 6) is -0.116. The number of carbonyl (C=O) groups is 1. The van der Waals surface area contributed by atoms with Crippen LogP contribution in [0.5, 0.6) is 0 Å². The summed E-state index contributed by atoms with van der Waals surface area (Å²) < 4.78 is 2.02. The van der Waals surface area contributed by atoms with E-state index in [1.54, 1.807) is 0 Å². The fourth-order valence-corrected chi connectivity index (χ4v) is 3.86. The maximum absolute atomic E-state index is 12.6. The van der Waals surface area contributed by atoms with Gasteiger partial charge in [-0.1, -0.05) is 50.3 Å². The average molecular weight is 342 g/mol. The molecule has 2 aromatic heterocycles. The zero-order valence-electron chi connectivity index (χ0n) is 14.4. The zero-order chi connectivity index (χ0) is 17.5. The minimum Gasteiger partial charge on any atom is -0.325 e. The third-order valence-electron chi connectivity index (χ3n) is 3.94. The smallest absolute Gasteiger partial charge is 0.267 e. The lowest BCUT2D eigenvalue weighted by Crippen LogP contribution is -2.18. The first kappa shape index (κ1) is 16.7. The lowest BCUT2D eigenvalue weighted by Gasteiger charge is -2.17. The first-order valence-electron chi connectivity index (χ1n) is 7.90. The van der Waals surface area contributed by atoms with Crippen molar-refractivity contribution in [3.63, 3.8) is 0 Å². The standard InChI is InChI=1S/C18H22N4OS/c1-11-14(16(23)20-12-8-6-5-7-9-12)24-17-21-15(18(2,3)4)13(10-19)22(11)17/h5-9H,10,19H2,1-4H3,(H,20,23). The van der Waals surface area contributed by atoms with E-state index in [1.807, 2.05) is 41.7 Å². The SMILES string of the molecule is Cc1c(C(=O)Nc2ccccc2)sc2nc(C(C)(C)C)c(CN)n12. The highest BCUT2D eigenvalue weighted by Gasteiger charge is 2.27. The molecule has 0 atom stereocenters. The number of thiazole rings is 1. The third-order valence-corrected chi connectivity index (χ3v) is 5.08.